The van der Waals surface area contributed by atoms with Gasteiger partial charge < -0.3 is 14.8 Å². The highest BCUT2D eigenvalue weighted by Gasteiger charge is 2.10. The molecule has 3 heteroatoms. The van der Waals surface area contributed by atoms with Crippen molar-refractivity contribution in [3.8, 4) is 11.5 Å². The molecule has 0 unspecified atom stereocenters. The van der Waals surface area contributed by atoms with Crippen LogP contribution >= 0.6 is 0 Å². The first-order valence-corrected chi connectivity index (χ1v) is 6.35. The van der Waals surface area contributed by atoms with Crippen molar-refractivity contribution in [2.45, 2.75) is 33.2 Å². The molecule has 17 heavy (non-hydrogen) atoms. The zero-order valence-electron chi connectivity index (χ0n) is 11.1. The van der Waals surface area contributed by atoms with Gasteiger partial charge in [-0.25, -0.2) is 0 Å². The van der Waals surface area contributed by atoms with Gasteiger partial charge in [0.2, 0.25) is 0 Å². The molecule has 1 N–H and O–H groups in total. The van der Waals surface area contributed by atoms with E-state index in [-0.39, 0.29) is 0 Å². The number of nitrogens with one attached hydrogen (secondary N) is 1. The van der Waals surface area contributed by atoms with Crippen LogP contribution in [-0.4, -0.2) is 20.3 Å². The van der Waals surface area contributed by atoms with Crippen molar-refractivity contribution >= 4 is 0 Å². The molecule has 0 aliphatic heterocycles. The third-order valence-electron chi connectivity index (χ3n) is 2.47. The predicted molar refractivity (Wildman–Crippen MR) is 70.8 cm³/mol. The molecular weight excluding hydrogens is 214 g/mol. The average molecular weight is 237 g/mol. The van der Waals surface area contributed by atoms with E-state index in [9.17, 15) is 0 Å². The van der Waals surface area contributed by atoms with Gasteiger partial charge in [-0.3, -0.25) is 0 Å². The maximum atomic E-state index is 5.85. The van der Waals surface area contributed by atoms with Crippen LogP contribution in [0.25, 0.3) is 0 Å². The summed E-state index contributed by atoms with van der Waals surface area (Å²) in [6, 6.07) is 6.04. The van der Waals surface area contributed by atoms with E-state index in [4.69, 9.17) is 9.47 Å². The molecule has 0 aliphatic rings. The fourth-order valence-corrected chi connectivity index (χ4v) is 1.64. The van der Waals surface area contributed by atoms with Crippen molar-refractivity contribution in [3.05, 3.63) is 23.8 Å². The maximum absolute atomic E-state index is 5.85. The predicted octanol–water partition coefficient (Wildman–Crippen LogP) is 2.98. The number of hydrogen-bond acceptors (Lipinski definition) is 3. The van der Waals surface area contributed by atoms with Gasteiger partial charge in [-0.2, -0.15) is 0 Å². The van der Waals surface area contributed by atoms with Crippen LogP contribution in [0.4, 0.5) is 0 Å². The van der Waals surface area contributed by atoms with Gasteiger partial charge in [0.15, 0.2) is 11.5 Å². The van der Waals surface area contributed by atoms with Gasteiger partial charge in [-0.05, 0) is 26.5 Å². The summed E-state index contributed by atoms with van der Waals surface area (Å²) in [5.74, 6) is 1.73. The molecule has 1 aromatic carbocycles. The Kier molecular flexibility index (Phi) is 6.48. The van der Waals surface area contributed by atoms with Crippen molar-refractivity contribution < 1.29 is 9.47 Å². The van der Waals surface area contributed by atoms with E-state index in [1.807, 2.05) is 26.1 Å². The molecule has 0 atom stereocenters. The molecule has 0 saturated heterocycles. The third-order valence-corrected chi connectivity index (χ3v) is 2.47. The van der Waals surface area contributed by atoms with Gasteiger partial charge in [0.25, 0.3) is 0 Å². The topological polar surface area (TPSA) is 30.5 Å². The molecule has 1 aromatic rings. The highest BCUT2D eigenvalue weighted by Crippen LogP contribution is 2.31. The molecule has 0 aliphatic carbocycles. The lowest BCUT2D eigenvalue weighted by Crippen LogP contribution is -2.09. The summed E-state index contributed by atoms with van der Waals surface area (Å²) >= 11 is 0. The van der Waals surface area contributed by atoms with Crippen LogP contribution in [0.2, 0.25) is 0 Å². The lowest BCUT2D eigenvalue weighted by molar-refractivity contribution is 0.270. The van der Waals surface area contributed by atoms with E-state index in [2.05, 4.69) is 18.3 Å². The molecule has 3 nitrogen and oxygen atoms in total. The minimum absolute atomic E-state index is 0.660. The molecule has 0 amide bonds. The Bertz CT molecular complexity index is 302. The Hall–Kier alpha value is -1.22. The first-order chi connectivity index (χ1) is 8.33. The van der Waals surface area contributed by atoms with Crippen molar-refractivity contribution in [1.29, 1.82) is 0 Å². The van der Waals surface area contributed by atoms with Gasteiger partial charge in [0.1, 0.15) is 0 Å². The molecule has 96 valence electrons. The Labute approximate surface area is 104 Å². The second-order valence-corrected chi connectivity index (χ2v) is 3.91. The SMILES string of the molecule is CCCCOc1c(CNC)cccc1OCC. The van der Waals surface area contributed by atoms with Crippen LogP contribution in [-0.2, 0) is 6.54 Å². The van der Waals surface area contributed by atoms with E-state index in [1.54, 1.807) is 0 Å². The van der Waals surface area contributed by atoms with Gasteiger partial charge >= 0.3 is 0 Å². The molecular formula is C14H23NO2. The fraction of sp³-hybridized carbons (Fsp3) is 0.571. The maximum Gasteiger partial charge on any atom is 0.165 e. The standard InChI is InChI=1S/C14H23NO2/c1-4-6-10-17-14-12(11-15-3)8-7-9-13(14)16-5-2/h7-9,15H,4-6,10-11H2,1-3H3. The van der Waals surface area contributed by atoms with Crippen molar-refractivity contribution in [2.75, 3.05) is 20.3 Å². The zero-order valence-corrected chi connectivity index (χ0v) is 11.1. The van der Waals surface area contributed by atoms with Gasteiger partial charge in [0.05, 0.1) is 13.2 Å². The van der Waals surface area contributed by atoms with Gasteiger partial charge in [-0.15, -0.1) is 0 Å². The summed E-state index contributed by atoms with van der Waals surface area (Å²) in [6.07, 6.45) is 2.21. The number of ether oxygens (including phenoxy) is 2. The van der Waals surface area contributed by atoms with Crippen LogP contribution in [0.1, 0.15) is 32.3 Å². The van der Waals surface area contributed by atoms with E-state index in [0.717, 1.165) is 43.1 Å². The first kappa shape index (κ1) is 13.8. The quantitative estimate of drug-likeness (QED) is 0.705. The second kappa shape index (κ2) is 7.96. The molecule has 0 aromatic heterocycles. The molecule has 0 radical (unpaired) electrons. The van der Waals surface area contributed by atoms with E-state index in [1.165, 1.54) is 0 Å². The molecule has 0 saturated carbocycles. The molecule has 1 rings (SSSR count). The number of rotatable bonds is 8. The molecule has 0 bridgehead atoms. The molecule has 0 spiro atoms. The minimum Gasteiger partial charge on any atom is -0.490 e. The Morgan fingerprint density at radius 1 is 1.18 bits per heavy atom. The number of unbranched alkanes of at least 4 members (excludes halogenated alkanes) is 1. The Balaban J connectivity index is 2.83. The summed E-state index contributed by atoms with van der Waals surface area (Å²) in [7, 11) is 1.93. The number of benzene rings is 1. The van der Waals surface area contributed by atoms with Crippen molar-refractivity contribution in [3.63, 3.8) is 0 Å². The summed E-state index contributed by atoms with van der Waals surface area (Å²) in [5, 5.41) is 3.15. The van der Waals surface area contributed by atoms with Crippen LogP contribution in [0.3, 0.4) is 0 Å². The Morgan fingerprint density at radius 2 is 2.00 bits per heavy atom. The number of hydrogen-bond donors (Lipinski definition) is 1. The largest absolute Gasteiger partial charge is 0.490 e. The highest BCUT2D eigenvalue weighted by atomic mass is 16.5. The fourth-order valence-electron chi connectivity index (χ4n) is 1.64. The van der Waals surface area contributed by atoms with Crippen molar-refractivity contribution in [2.24, 2.45) is 0 Å². The third kappa shape index (κ3) is 4.27. The normalized spacial score (nSPS) is 10.3. The van der Waals surface area contributed by atoms with E-state index >= 15 is 0 Å². The average Bonchev–Trinajstić information content (AvgIpc) is 2.33. The van der Waals surface area contributed by atoms with Crippen LogP contribution < -0.4 is 14.8 Å². The van der Waals surface area contributed by atoms with Crippen molar-refractivity contribution in [1.82, 2.24) is 5.32 Å². The first-order valence-electron chi connectivity index (χ1n) is 6.35. The smallest absolute Gasteiger partial charge is 0.165 e. The van der Waals surface area contributed by atoms with Gasteiger partial charge in [-0.1, -0.05) is 25.5 Å². The zero-order chi connectivity index (χ0) is 12.5. The number of para-hydroxylation sites is 1. The summed E-state index contributed by atoms with van der Waals surface area (Å²) in [6.45, 7) is 6.35. The lowest BCUT2D eigenvalue weighted by atomic mass is 10.2. The monoisotopic (exact) mass is 237 g/mol. The summed E-state index contributed by atoms with van der Waals surface area (Å²) in [5.41, 5.74) is 1.15. The Morgan fingerprint density at radius 3 is 2.65 bits per heavy atom. The minimum atomic E-state index is 0.660. The van der Waals surface area contributed by atoms with Crippen LogP contribution in [0.5, 0.6) is 11.5 Å². The van der Waals surface area contributed by atoms with Gasteiger partial charge in [0, 0.05) is 12.1 Å². The molecule has 0 heterocycles. The summed E-state index contributed by atoms with van der Waals surface area (Å²) in [4.78, 5) is 0. The van der Waals surface area contributed by atoms with E-state index in [0.29, 0.717) is 6.61 Å². The van der Waals surface area contributed by atoms with Crippen LogP contribution in [0, 0.1) is 0 Å². The van der Waals surface area contributed by atoms with Crippen LogP contribution in [0.15, 0.2) is 18.2 Å². The molecule has 0 fully saturated rings. The summed E-state index contributed by atoms with van der Waals surface area (Å²) < 4.78 is 11.5. The highest BCUT2D eigenvalue weighted by molar-refractivity contribution is 5.46. The lowest BCUT2D eigenvalue weighted by Gasteiger charge is -2.15. The second-order valence-electron chi connectivity index (χ2n) is 3.91. The van der Waals surface area contributed by atoms with E-state index < -0.39 is 0 Å².